The van der Waals surface area contributed by atoms with Gasteiger partial charge in [0.2, 0.25) is 5.95 Å². The van der Waals surface area contributed by atoms with Gasteiger partial charge in [-0.15, -0.1) is 0 Å². The number of anilines is 1. The summed E-state index contributed by atoms with van der Waals surface area (Å²) >= 11 is 0. The minimum Gasteiger partial charge on any atom is -0.323 e. The Labute approximate surface area is 90.6 Å². The van der Waals surface area contributed by atoms with Crippen LogP contribution < -0.4 is 5.32 Å². The molecule has 5 nitrogen and oxygen atoms in total. The second kappa shape index (κ2) is 3.41. The zero-order valence-electron chi connectivity index (χ0n) is 8.26. The van der Waals surface area contributed by atoms with Crippen LogP contribution in [0.25, 0.3) is 5.70 Å². The van der Waals surface area contributed by atoms with E-state index in [4.69, 9.17) is 0 Å². The largest absolute Gasteiger partial charge is 0.323 e. The summed E-state index contributed by atoms with van der Waals surface area (Å²) in [6.45, 7) is 0.613. The van der Waals surface area contributed by atoms with E-state index in [1.807, 2.05) is 6.08 Å². The van der Waals surface area contributed by atoms with Crippen molar-refractivity contribution in [2.75, 3.05) is 5.32 Å². The molecule has 6 heteroatoms. The fraction of sp³-hybridized carbons (Fsp3) is 0.100. The van der Waals surface area contributed by atoms with Gasteiger partial charge in [0.1, 0.15) is 5.82 Å². The van der Waals surface area contributed by atoms with Gasteiger partial charge in [0, 0.05) is 5.70 Å². The lowest BCUT2D eigenvalue weighted by molar-refractivity contribution is 0.627. The topological polar surface area (TPSA) is 55.6 Å². The highest BCUT2D eigenvalue weighted by molar-refractivity contribution is 5.75. The van der Waals surface area contributed by atoms with E-state index in [1.54, 1.807) is 16.8 Å². The fourth-order valence-electron chi connectivity index (χ4n) is 1.59. The first kappa shape index (κ1) is 9.02. The van der Waals surface area contributed by atoms with Gasteiger partial charge in [0.05, 0.1) is 6.54 Å². The normalized spacial score (nSPS) is 13.9. The molecule has 0 bridgehead atoms. The average molecular weight is 217 g/mol. The second-order valence-electron chi connectivity index (χ2n) is 3.43. The molecule has 0 saturated carbocycles. The van der Waals surface area contributed by atoms with Crippen molar-refractivity contribution in [3.8, 4) is 0 Å². The van der Waals surface area contributed by atoms with E-state index in [9.17, 15) is 4.39 Å². The molecule has 0 aliphatic carbocycles. The monoisotopic (exact) mass is 217 g/mol. The fourth-order valence-corrected chi connectivity index (χ4v) is 1.59. The third kappa shape index (κ3) is 1.44. The van der Waals surface area contributed by atoms with Gasteiger partial charge in [0.25, 0.3) is 0 Å². The van der Waals surface area contributed by atoms with E-state index < -0.39 is 0 Å². The van der Waals surface area contributed by atoms with Crippen molar-refractivity contribution in [2.45, 2.75) is 6.54 Å². The lowest BCUT2D eigenvalue weighted by atomic mass is 10.1. The van der Waals surface area contributed by atoms with Crippen molar-refractivity contribution in [2.24, 2.45) is 0 Å². The van der Waals surface area contributed by atoms with Gasteiger partial charge < -0.3 is 5.32 Å². The van der Waals surface area contributed by atoms with Crippen LogP contribution in [0.5, 0.6) is 0 Å². The molecular weight excluding hydrogens is 209 g/mol. The predicted octanol–water partition coefficient (Wildman–Crippen LogP) is 1.28. The van der Waals surface area contributed by atoms with E-state index in [0.717, 1.165) is 11.3 Å². The number of rotatable bonds is 1. The predicted molar refractivity (Wildman–Crippen MR) is 55.8 cm³/mol. The smallest absolute Gasteiger partial charge is 0.247 e. The summed E-state index contributed by atoms with van der Waals surface area (Å²) in [5, 5.41) is 14.2. The van der Waals surface area contributed by atoms with Crippen LogP contribution in [0, 0.1) is 5.82 Å². The number of halogens is 1. The maximum Gasteiger partial charge on any atom is 0.247 e. The Morgan fingerprint density at radius 1 is 1.25 bits per heavy atom. The molecule has 1 N–H and O–H groups in total. The van der Waals surface area contributed by atoms with Crippen LogP contribution in [-0.4, -0.2) is 20.2 Å². The van der Waals surface area contributed by atoms with E-state index in [0.29, 0.717) is 12.5 Å². The Bertz CT molecular complexity index is 543. The van der Waals surface area contributed by atoms with E-state index >= 15 is 0 Å². The van der Waals surface area contributed by atoms with Gasteiger partial charge in [-0.3, -0.25) is 0 Å². The molecule has 0 saturated heterocycles. The maximum absolute atomic E-state index is 12.8. The number of tetrazole rings is 1. The summed E-state index contributed by atoms with van der Waals surface area (Å²) < 4.78 is 14.4. The molecule has 0 radical (unpaired) electrons. The molecule has 1 aliphatic heterocycles. The molecule has 1 aromatic heterocycles. The van der Waals surface area contributed by atoms with Gasteiger partial charge in [-0.25, -0.2) is 9.07 Å². The van der Waals surface area contributed by atoms with Gasteiger partial charge in [-0.1, -0.05) is 5.10 Å². The Morgan fingerprint density at radius 3 is 2.88 bits per heavy atom. The summed E-state index contributed by atoms with van der Waals surface area (Å²) in [5.74, 6) is 0.354. The first-order valence-corrected chi connectivity index (χ1v) is 4.82. The Kier molecular flexibility index (Phi) is 1.92. The SMILES string of the molecule is Fc1ccc(C2=CCn3nnnc3N2)cc1. The Morgan fingerprint density at radius 2 is 2.06 bits per heavy atom. The lowest BCUT2D eigenvalue weighted by Gasteiger charge is -2.15. The van der Waals surface area contributed by atoms with Crippen molar-refractivity contribution in [1.29, 1.82) is 0 Å². The molecule has 80 valence electrons. The van der Waals surface area contributed by atoms with Crippen LogP contribution in [0.2, 0.25) is 0 Å². The minimum atomic E-state index is -0.245. The molecule has 2 heterocycles. The van der Waals surface area contributed by atoms with Crippen LogP contribution in [0.3, 0.4) is 0 Å². The maximum atomic E-state index is 12.8. The molecule has 3 rings (SSSR count). The van der Waals surface area contributed by atoms with Gasteiger partial charge in [-0.2, -0.15) is 0 Å². The van der Waals surface area contributed by atoms with Crippen LogP contribution in [0.1, 0.15) is 5.56 Å². The Hall–Kier alpha value is -2.24. The highest BCUT2D eigenvalue weighted by Crippen LogP contribution is 2.20. The van der Waals surface area contributed by atoms with Crippen molar-refractivity contribution in [1.82, 2.24) is 20.2 Å². The minimum absolute atomic E-state index is 0.245. The number of nitrogens with zero attached hydrogens (tertiary/aromatic N) is 4. The third-order valence-electron chi connectivity index (χ3n) is 2.40. The van der Waals surface area contributed by atoms with Crippen LogP contribution in [0.4, 0.5) is 10.3 Å². The molecule has 2 aromatic rings. The Balaban J connectivity index is 1.92. The standard InChI is InChI=1S/C10H8FN5/c11-8-3-1-7(2-4-8)9-5-6-16-10(12-9)13-14-15-16/h1-5H,6H2,(H,12,13,15). The number of nitrogens with one attached hydrogen (secondary N) is 1. The molecule has 0 fully saturated rings. The summed E-state index contributed by atoms with van der Waals surface area (Å²) in [5.41, 5.74) is 1.80. The highest BCUT2D eigenvalue weighted by atomic mass is 19.1. The number of allylic oxidation sites excluding steroid dienone is 1. The first-order chi connectivity index (χ1) is 7.83. The highest BCUT2D eigenvalue weighted by Gasteiger charge is 2.13. The number of hydrogen-bond acceptors (Lipinski definition) is 4. The molecule has 0 atom stereocenters. The molecule has 0 spiro atoms. The second-order valence-corrected chi connectivity index (χ2v) is 3.43. The zero-order chi connectivity index (χ0) is 11.0. The van der Waals surface area contributed by atoms with E-state index in [2.05, 4.69) is 20.8 Å². The summed E-state index contributed by atoms with van der Waals surface area (Å²) in [7, 11) is 0. The lowest BCUT2D eigenvalue weighted by Crippen LogP contribution is -2.13. The average Bonchev–Trinajstić information content (AvgIpc) is 2.77. The molecule has 0 amide bonds. The number of aromatic nitrogens is 4. The van der Waals surface area contributed by atoms with Crippen molar-refractivity contribution < 1.29 is 4.39 Å². The molecule has 1 aromatic carbocycles. The van der Waals surface area contributed by atoms with Gasteiger partial charge >= 0.3 is 0 Å². The molecular formula is C10H8FN5. The number of hydrogen-bond donors (Lipinski definition) is 1. The van der Waals surface area contributed by atoms with Crippen LogP contribution in [0.15, 0.2) is 30.3 Å². The van der Waals surface area contributed by atoms with E-state index in [1.165, 1.54) is 12.1 Å². The number of benzene rings is 1. The zero-order valence-corrected chi connectivity index (χ0v) is 8.26. The molecule has 16 heavy (non-hydrogen) atoms. The van der Waals surface area contributed by atoms with Crippen molar-refractivity contribution in [3.63, 3.8) is 0 Å². The summed E-state index contributed by atoms with van der Waals surface area (Å²) in [6, 6.07) is 6.28. The molecule has 0 unspecified atom stereocenters. The molecule has 1 aliphatic rings. The van der Waals surface area contributed by atoms with Gasteiger partial charge in [0.15, 0.2) is 0 Å². The van der Waals surface area contributed by atoms with Crippen LogP contribution >= 0.6 is 0 Å². The quantitative estimate of drug-likeness (QED) is 0.781. The first-order valence-electron chi connectivity index (χ1n) is 4.82. The number of fused-ring (bicyclic) bond motifs is 1. The van der Waals surface area contributed by atoms with E-state index in [-0.39, 0.29) is 5.82 Å². The van der Waals surface area contributed by atoms with Crippen molar-refractivity contribution in [3.05, 3.63) is 41.7 Å². The van der Waals surface area contributed by atoms with Crippen molar-refractivity contribution >= 4 is 11.6 Å². The summed E-state index contributed by atoms with van der Waals surface area (Å²) in [6.07, 6.45) is 1.95. The van der Waals surface area contributed by atoms with Gasteiger partial charge in [-0.05, 0) is 46.3 Å². The third-order valence-corrected chi connectivity index (χ3v) is 2.40. The van der Waals surface area contributed by atoms with Crippen LogP contribution in [-0.2, 0) is 6.54 Å². The summed E-state index contributed by atoms with van der Waals surface area (Å²) in [4.78, 5) is 0.